The topological polar surface area (TPSA) is 29.3 Å². The summed E-state index contributed by atoms with van der Waals surface area (Å²) in [6.07, 6.45) is 3.85. The first-order valence-corrected chi connectivity index (χ1v) is 3.73. The fourth-order valence-corrected chi connectivity index (χ4v) is 1.37. The van der Waals surface area contributed by atoms with Crippen molar-refractivity contribution in [3.8, 4) is 0 Å². The highest BCUT2D eigenvalue weighted by Gasteiger charge is 2.10. The summed E-state index contributed by atoms with van der Waals surface area (Å²) < 4.78 is 0. The van der Waals surface area contributed by atoms with Gasteiger partial charge in [-0.25, -0.2) is 0 Å². The van der Waals surface area contributed by atoms with Crippen LogP contribution >= 0.6 is 0 Å². The van der Waals surface area contributed by atoms with E-state index in [1.807, 2.05) is 0 Å². The molecule has 1 rings (SSSR count). The van der Waals surface area contributed by atoms with E-state index in [-0.39, 0.29) is 0 Å². The smallest absolute Gasteiger partial charge is 0.0167 e. The number of likely N-dealkylation sites (tertiary alicyclic amines) is 1. The van der Waals surface area contributed by atoms with Crippen molar-refractivity contribution < 1.29 is 0 Å². The summed E-state index contributed by atoms with van der Waals surface area (Å²) in [6, 6.07) is 0.428. The number of hydrogen-bond acceptors (Lipinski definition) is 2. The predicted molar refractivity (Wildman–Crippen MR) is 39.3 cm³/mol. The lowest BCUT2D eigenvalue weighted by molar-refractivity contribution is 0.333. The van der Waals surface area contributed by atoms with Crippen LogP contribution in [0.15, 0.2) is 0 Å². The average Bonchev–Trinajstić information content (AvgIpc) is 1.93. The Morgan fingerprint density at radius 1 is 1.44 bits per heavy atom. The molecule has 0 aliphatic carbocycles. The summed E-state index contributed by atoms with van der Waals surface area (Å²) in [4.78, 5) is 2.32. The molecule has 1 fully saturated rings. The van der Waals surface area contributed by atoms with E-state index >= 15 is 0 Å². The molecule has 2 heteroatoms. The van der Waals surface area contributed by atoms with Crippen LogP contribution in [0.3, 0.4) is 0 Å². The summed E-state index contributed by atoms with van der Waals surface area (Å²) in [5.74, 6) is 0. The minimum atomic E-state index is 0.428. The Balaban J connectivity index is 2.29. The molecule has 1 aliphatic rings. The molecule has 9 heavy (non-hydrogen) atoms. The molecule has 0 unspecified atom stereocenters. The first-order chi connectivity index (χ1) is 4.29. The molecule has 0 aromatic carbocycles. The molecular formula is C7H16N2. The van der Waals surface area contributed by atoms with Crippen molar-refractivity contribution in [3.63, 3.8) is 0 Å². The van der Waals surface area contributed by atoms with Gasteiger partial charge in [-0.05, 0) is 26.4 Å². The van der Waals surface area contributed by atoms with Crippen molar-refractivity contribution in [1.82, 2.24) is 4.90 Å². The largest absolute Gasteiger partial charge is 0.327 e. The van der Waals surface area contributed by atoms with Crippen LogP contribution in [0, 0.1) is 0 Å². The molecule has 2 nitrogen and oxygen atoms in total. The molecule has 0 spiro atoms. The van der Waals surface area contributed by atoms with Gasteiger partial charge in [-0.2, -0.15) is 0 Å². The first-order valence-electron chi connectivity index (χ1n) is 3.73. The lowest BCUT2D eigenvalue weighted by Crippen LogP contribution is -2.33. The molecule has 0 aromatic rings. The van der Waals surface area contributed by atoms with E-state index in [4.69, 9.17) is 5.73 Å². The van der Waals surface area contributed by atoms with Gasteiger partial charge in [0.05, 0.1) is 0 Å². The minimum Gasteiger partial charge on any atom is -0.327 e. The van der Waals surface area contributed by atoms with E-state index in [2.05, 4.69) is 11.9 Å². The summed E-state index contributed by atoms with van der Waals surface area (Å²) in [7, 11) is 2.14. The average molecular weight is 128 g/mol. The van der Waals surface area contributed by atoms with Crippen molar-refractivity contribution in [2.75, 3.05) is 20.1 Å². The molecule has 0 radical (unpaired) electrons. The zero-order valence-corrected chi connectivity index (χ0v) is 6.14. The Kier molecular flexibility index (Phi) is 2.49. The number of likely N-dealkylation sites (N-methyl/N-ethyl adjacent to an activating group) is 1. The van der Waals surface area contributed by atoms with E-state index < -0.39 is 0 Å². The van der Waals surface area contributed by atoms with Gasteiger partial charge in [0, 0.05) is 12.6 Å². The number of rotatable bonds is 0. The van der Waals surface area contributed by atoms with Crippen molar-refractivity contribution in [2.24, 2.45) is 5.73 Å². The lowest BCUT2D eigenvalue weighted by Gasteiger charge is -2.15. The highest BCUT2D eigenvalue weighted by Crippen LogP contribution is 2.06. The highest BCUT2D eigenvalue weighted by molar-refractivity contribution is 4.69. The lowest BCUT2D eigenvalue weighted by atomic mass is 10.2. The minimum absolute atomic E-state index is 0.428. The van der Waals surface area contributed by atoms with Crippen LogP contribution in [0.4, 0.5) is 0 Å². The van der Waals surface area contributed by atoms with Crippen LogP contribution in [0.2, 0.25) is 0 Å². The molecule has 0 aromatic heterocycles. The molecule has 1 atom stereocenters. The zero-order chi connectivity index (χ0) is 6.69. The van der Waals surface area contributed by atoms with Gasteiger partial charge in [-0.1, -0.05) is 6.42 Å². The van der Waals surface area contributed by atoms with Gasteiger partial charge >= 0.3 is 0 Å². The fourth-order valence-electron chi connectivity index (χ4n) is 1.37. The van der Waals surface area contributed by atoms with E-state index in [1.165, 1.54) is 25.8 Å². The van der Waals surface area contributed by atoms with Crippen molar-refractivity contribution in [3.05, 3.63) is 0 Å². The maximum Gasteiger partial charge on any atom is 0.0167 e. The van der Waals surface area contributed by atoms with Gasteiger partial charge in [0.2, 0.25) is 0 Å². The molecule has 2 N–H and O–H groups in total. The van der Waals surface area contributed by atoms with E-state index in [0.29, 0.717) is 6.04 Å². The Morgan fingerprint density at radius 2 is 2.22 bits per heavy atom. The van der Waals surface area contributed by atoms with Gasteiger partial charge in [0.25, 0.3) is 0 Å². The first kappa shape index (κ1) is 7.03. The Labute approximate surface area is 57.0 Å². The van der Waals surface area contributed by atoms with Crippen LogP contribution in [-0.2, 0) is 0 Å². The van der Waals surface area contributed by atoms with Crippen LogP contribution in [0.5, 0.6) is 0 Å². The van der Waals surface area contributed by atoms with Crippen LogP contribution in [-0.4, -0.2) is 31.1 Å². The molecule has 1 heterocycles. The van der Waals surface area contributed by atoms with Gasteiger partial charge < -0.3 is 10.6 Å². The Hall–Kier alpha value is -0.0800. The summed E-state index contributed by atoms with van der Waals surface area (Å²) in [5.41, 5.74) is 5.78. The SMILES string of the molecule is CN1CCCC[C@@H](N)C1. The molecule has 54 valence electrons. The van der Waals surface area contributed by atoms with Crippen molar-refractivity contribution >= 4 is 0 Å². The zero-order valence-electron chi connectivity index (χ0n) is 6.14. The van der Waals surface area contributed by atoms with Gasteiger partial charge in [-0.3, -0.25) is 0 Å². The molecule has 1 saturated heterocycles. The molecular weight excluding hydrogens is 112 g/mol. The third kappa shape index (κ3) is 2.33. The predicted octanol–water partition coefficient (Wildman–Crippen LogP) is 0.429. The van der Waals surface area contributed by atoms with E-state index in [0.717, 1.165) is 6.54 Å². The van der Waals surface area contributed by atoms with Gasteiger partial charge in [-0.15, -0.1) is 0 Å². The third-order valence-electron chi connectivity index (χ3n) is 1.91. The molecule has 0 bridgehead atoms. The van der Waals surface area contributed by atoms with Crippen LogP contribution < -0.4 is 5.73 Å². The summed E-state index contributed by atoms with van der Waals surface area (Å²) in [5, 5.41) is 0. The van der Waals surface area contributed by atoms with Crippen molar-refractivity contribution in [2.45, 2.75) is 25.3 Å². The second-order valence-corrected chi connectivity index (χ2v) is 3.02. The Morgan fingerprint density at radius 3 is 3.00 bits per heavy atom. The van der Waals surface area contributed by atoms with E-state index in [9.17, 15) is 0 Å². The number of nitrogens with two attached hydrogens (primary N) is 1. The fraction of sp³-hybridized carbons (Fsp3) is 1.00. The number of hydrogen-bond donors (Lipinski definition) is 1. The second kappa shape index (κ2) is 3.18. The summed E-state index contributed by atoms with van der Waals surface area (Å²) >= 11 is 0. The molecule has 1 aliphatic heterocycles. The summed E-state index contributed by atoms with van der Waals surface area (Å²) in [6.45, 7) is 2.31. The van der Waals surface area contributed by atoms with Crippen LogP contribution in [0.1, 0.15) is 19.3 Å². The van der Waals surface area contributed by atoms with Crippen LogP contribution in [0.25, 0.3) is 0 Å². The molecule has 0 saturated carbocycles. The molecule has 0 amide bonds. The van der Waals surface area contributed by atoms with E-state index in [1.54, 1.807) is 0 Å². The second-order valence-electron chi connectivity index (χ2n) is 3.02. The normalized spacial score (nSPS) is 32.0. The van der Waals surface area contributed by atoms with Crippen molar-refractivity contribution in [1.29, 1.82) is 0 Å². The monoisotopic (exact) mass is 128 g/mol. The van der Waals surface area contributed by atoms with Gasteiger partial charge in [0.1, 0.15) is 0 Å². The standard InChI is InChI=1S/C7H16N2/c1-9-5-3-2-4-7(8)6-9/h7H,2-6,8H2,1H3/t7-/m1/s1. The Bertz CT molecular complexity index is 73.0. The number of nitrogens with zero attached hydrogens (tertiary/aromatic N) is 1. The van der Waals surface area contributed by atoms with Gasteiger partial charge in [0.15, 0.2) is 0 Å². The third-order valence-corrected chi connectivity index (χ3v) is 1.91. The maximum absolute atomic E-state index is 5.78. The quantitative estimate of drug-likeness (QED) is 0.512. The maximum atomic E-state index is 5.78. The highest BCUT2D eigenvalue weighted by atomic mass is 15.1.